The first-order valence-corrected chi connectivity index (χ1v) is 7.51. The number of carbonyl (C=O) groups excluding carboxylic acids is 1. The maximum absolute atomic E-state index is 12.2. The Labute approximate surface area is 125 Å². The molecule has 1 aliphatic rings. The van der Waals surface area contributed by atoms with Crippen LogP contribution in [0.4, 0.5) is 4.79 Å². The second-order valence-corrected chi connectivity index (χ2v) is 5.52. The number of nitrogens with zero attached hydrogens (tertiary/aromatic N) is 2. The first kappa shape index (κ1) is 15.1. The van der Waals surface area contributed by atoms with Gasteiger partial charge < -0.3 is 15.1 Å². The van der Waals surface area contributed by atoms with Crippen LogP contribution in [-0.4, -0.2) is 48.6 Å². The zero-order valence-electron chi connectivity index (χ0n) is 12.1. The molecule has 1 aromatic carbocycles. The number of carbonyl (C=O) groups is 1. The Hall–Kier alpha value is -1.26. The Morgan fingerprint density at radius 2 is 1.95 bits per heavy atom. The van der Waals surface area contributed by atoms with Gasteiger partial charge in [0.15, 0.2) is 0 Å². The van der Waals surface area contributed by atoms with Crippen LogP contribution in [0.1, 0.15) is 25.5 Å². The van der Waals surface area contributed by atoms with E-state index in [4.69, 9.17) is 11.6 Å². The highest BCUT2D eigenvalue weighted by Crippen LogP contribution is 2.22. The molecule has 0 spiro atoms. The van der Waals surface area contributed by atoms with Gasteiger partial charge in [0.25, 0.3) is 0 Å². The van der Waals surface area contributed by atoms with Gasteiger partial charge in [0.05, 0.1) is 6.04 Å². The van der Waals surface area contributed by atoms with Crippen molar-refractivity contribution in [2.75, 3.05) is 32.7 Å². The lowest BCUT2D eigenvalue weighted by Crippen LogP contribution is -2.51. The summed E-state index contributed by atoms with van der Waals surface area (Å²) >= 11 is 6.15. The normalized spacial score (nSPS) is 17.9. The Morgan fingerprint density at radius 3 is 2.55 bits per heavy atom. The minimum Gasteiger partial charge on any atom is -0.331 e. The number of rotatable bonds is 3. The average Bonchev–Trinajstić information content (AvgIpc) is 2.47. The van der Waals surface area contributed by atoms with Gasteiger partial charge in [-0.2, -0.15) is 0 Å². The molecule has 2 rings (SSSR count). The smallest absolute Gasteiger partial charge is 0.317 e. The molecule has 1 N–H and O–H groups in total. The zero-order valence-corrected chi connectivity index (χ0v) is 12.9. The van der Waals surface area contributed by atoms with Crippen LogP contribution in [0, 0.1) is 0 Å². The van der Waals surface area contributed by atoms with E-state index in [1.165, 1.54) is 0 Å². The summed E-state index contributed by atoms with van der Waals surface area (Å²) in [6, 6.07) is 7.53. The van der Waals surface area contributed by atoms with Gasteiger partial charge in [-0.1, -0.05) is 36.7 Å². The Kier molecular flexibility index (Phi) is 5.26. The largest absolute Gasteiger partial charge is 0.331 e. The molecular weight excluding hydrogens is 274 g/mol. The van der Waals surface area contributed by atoms with Crippen LogP contribution in [0.2, 0.25) is 5.02 Å². The fourth-order valence-electron chi connectivity index (χ4n) is 2.45. The minimum absolute atomic E-state index is 0.00632. The molecular formula is C15H22ClN3O. The maximum atomic E-state index is 12.2. The van der Waals surface area contributed by atoms with Crippen LogP contribution in [0.25, 0.3) is 0 Å². The van der Waals surface area contributed by atoms with Crippen LogP contribution in [0.5, 0.6) is 0 Å². The number of nitrogens with one attached hydrogen (secondary N) is 1. The molecule has 0 aliphatic carbocycles. The molecule has 4 nitrogen and oxygen atoms in total. The number of piperazine rings is 1. The summed E-state index contributed by atoms with van der Waals surface area (Å²) in [6.07, 6.45) is 0. The van der Waals surface area contributed by atoms with Crippen molar-refractivity contribution in [3.8, 4) is 0 Å². The minimum atomic E-state index is -0.0830. The lowest BCUT2D eigenvalue weighted by atomic mass is 10.1. The number of benzene rings is 1. The van der Waals surface area contributed by atoms with E-state index in [2.05, 4.69) is 17.1 Å². The summed E-state index contributed by atoms with van der Waals surface area (Å²) in [7, 11) is 0. The van der Waals surface area contributed by atoms with E-state index in [1.807, 2.05) is 36.1 Å². The molecule has 1 atom stereocenters. The molecule has 5 heteroatoms. The number of amides is 2. The third-order valence-electron chi connectivity index (χ3n) is 3.82. The third-order valence-corrected chi connectivity index (χ3v) is 4.16. The number of halogens is 1. The molecule has 2 amide bonds. The highest BCUT2D eigenvalue weighted by molar-refractivity contribution is 6.31. The van der Waals surface area contributed by atoms with Crippen molar-refractivity contribution in [1.82, 2.24) is 15.1 Å². The highest BCUT2D eigenvalue weighted by Gasteiger charge is 2.21. The van der Waals surface area contributed by atoms with Gasteiger partial charge in [0, 0.05) is 31.2 Å². The molecule has 20 heavy (non-hydrogen) atoms. The van der Waals surface area contributed by atoms with E-state index in [0.717, 1.165) is 38.3 Å². The highest BCUT2D eigenvalue weighted by atomic mass is 35.5. The molecule has 1 unspecified atom stereocenters. The van der Waals surface area contributed by atoms with Crippen molar-refractivity contribution in [2.24, 2.45) is 0 Å². The summed E-state index contributed by atoms with van der Waals surface area (Å²) in [5, 5.41) is 3.71. The second kappa shape index (κ2) is 6.95. The van der Waals surface area contributed by atoms with Crippen molar-refractivity contribution in [1.29, 1.82) is 0 Å². The van der Waals surface area contributed by atoms with E-state index >= 15 is 0 Å². The van der Waals surface area contributed by atoms with E-state index < -0.39 is 0 Å². The van der Waals surface area contributed by atoms with Gasteiger partial charge in [0.1, 0.15) is 0 Å². The van der Waals surface area contributed by atoms with Crippen molar-refractivity contribution in [2.45, 2.75) is 19.9 Å². The number of likely N-dealkylation sites (N-methyl/N-ethyl adjacent to an activating group) is 1. The lowest BCUT2D eigenvalue weighted by Gasteiger charge is -2.34. The standard InChI is InChI=1S/C15H22ClN3O/c1-3-18-8-10-19(11-9-18)15(20)17-12(2)13-6-4-5-7-14(13)16/h4-7,12H,3,8-11H2,1-2H3,(H,17,20). The van der Waals surface area contributed by atoms with Gasteiger partial charge in [-0.05, 0) is 25.1 Å². The Balaban J connectivity index is 1.90. The lowest BCUT2D eigenvalue weighted by molar-refractivity contribution is 0.141. The predicted molar refractivity (Wildman–Crippen MR) is 82.1 cm³/mol. The average molecular weight is 296 g/mol. The van der Waals surface area contributed by atoms with Crippen molar-refractivity contribution in [3.05, 3.63) is 34.9 Å². The summed E-state index contributed by atoms with van der Waals surface area (Å²) in [5.41, 5.74) is 0.953. The fraction of sp³-hybridized carbons (Fsp3) is 0.533. The molecule has 1 aliphatic heterocycles. The molecule has 1 saturated heterocycles. The van der Waals surface area contributed by atoms with Gasteiger partial charge in [0.2, 0.25) is 0 Å². The predicted octanol–water partition coefficient (Wildman–Crippen LogP) is 2.75. The van der Waals surface area contributed by atoms with Crippen LogP contribution in [0.15, 0.2) is 24.3 Å². The first-order valence-electron chi connectivity index (χ1n) is 7.14. The summed E-state index contributed by atoms with van der Waals surface area (Å²) in [4.78, 5) is 16.5. The van der Waals surface area contributed by atoms with Gasteiger partial charge in [-0.15, -0.1) is 0 Å². The zero-order chi connectivity index (χ0) is 14.5. The molecule has 1 heterocycles. The molecule has 0 radical (unpaired) electrons. The third kappa shape index (κ3) is 3.64. The van der Waals surface area contributed by atoms with E-state index in [0.29, 0.717) is 5.02 Å². The van der Waals surface area contributed by atoms with Crippen LogP contribution < -0.4 is 5.32 Å². The van der Waals surface area contributed by atoms with Gasteiger partial charge in [-0.25, -0.2) is 4.79 Å². The molecule has 0 bridgehead atoms. The van der Waals surface area contributed by atoms with Crippen molar-refractivity contribution in [3.63, 3.8) is 0 Å². The topological polar surface area (TPSA) is 35.6 Å². The number of hydrogen-bond acceptors (Lipinski definition) is 2. The van der Waals surface area contributed by atoms with Gasteiger partial charge in [-0.3, -0.25) is 0 Å². The first-order chi connectivity index (χ1) is 9.61. The quantitative estimate of drug-likeness (QED) is 0.931. The molecule has 110 valence electrons. The van der Waals surface area contributed by atoms with Crippen molar-refractivity contribution >= 4 is 17.6 Å². The van der Waals surface area contributed by atoms with Crippen LogP contribution in [-0.2, 0) is 0 Å². The molecule has 0 saturated carbocycles. The maximum Gasteiger partial charge on any atom is 0.317 e. The van der Waals surface area contributed by atoms with Crippen LogP contribution in [0.3, 0.4) is 0 Å². The fourth-order valence-corrected chi connectivity index (χ4v) is 2.75. The Bertz CT molecular complexity index is 458. The van der Waals surface area contributed by atoms with Crippen LogP contribution >= 0.6 is 11.6 Å². The summed E-state index contributed by atoms with van der Waals surface area (Å²) in [5.74, 6) is 0. The number of hydrogen-bond donors (Lipinski definition) is 1. The van der Waals surface area contributed by atoms with E-state index in [1.54, 1.807) is 0 Å². The summed E-state index contributed by atoms with van der Waals surface area (Å²) in [6.45, 7) is 8.63. The second-order valence-electron chi connectivity index (χ2n) is 5.11. The SMILES string of the molecule is CCN1CCN(C(=O)NC(C)c2ccccc2Cl)CC1. The molecule has 1 fully saturated rings. The Morgan fingerprint density at radius 1 is 1.30 bits per heavy atom. The van der Waals surface area contributed by atoms with Crippen molar-refractivity contribution < 1.29 is 4.79 Å². The van der Waals surface area contributed by atoms with E-state index in [-0.39, 0.29) is 12.1 Å². The van der Waals surface area contributed by atoms with E-state index in [9.17, 15) is 4.79 Å². The summed E-state index contributed by atoms with van der Waals surface area (Å²) < 4.78 is 0. The van der Waals surface area contributed by atoms with Gasteiger partial charge >= 0.3 is 6.03 Å². The molecule has 1 aromatic rings. The monoisotopic (exact) mass is 295 g/mol. The molecule has 0 aromatic heterocycles. The number of urea groups is 1.